The molecule has 0 bridgehead atoms. The number of furan rings is 1. The lowest BCUT2D eigenvalue weighted by atomic mass is 10.4. The largest absolute Gasteiger partial charge is 0.454 e. The molecule has 90 valence electrons. The first-order valence-electron chi connectivity index (χ1n) is 5.98. The summed E-state index contributed by atoms with van der Waals surface area (Å²) in [6.45, 7) is 6.45. The molecule has 0 atom stereocenters. The number of likely N-dealkylation sites (N-methyl/N-ethyl adjacent to an activating group) is 1. The summed E-state index contributed by atoms with van der Waals surface area (Å²) in [6, 6.07) is 4.91. The molecule has 1 aliphatic carbocycles. The van der Waals surface area contributed by atoms with Crippen LogP contribution in [0.15, 0.2) is 16.5 Å². The molecule has 16 heavy (non-hydrogen) atoms. The Morgan fingerprint density at radius 3 is 2.88 bits per heavy atom. The summed E-state index contributed by atoms with van der Waals surface area (Å²) in [5.41, 5.74) is 0. The van der Waals surface area contributed by atoms with Crippen LogP contribution in [0.4, 0.5) is 0 Å². The smallest absolute Gasteiger partial charge is 0.164 e. The average Bonchev–Trinajstić information content (AvgIpc) is 3.03. The molecular weight excluding hydrogens is 315 g/mol. The summed E-state index contributed by atoms with van der Waals surface area (Å²) in [6.07, 6.45) is 2.79. The number of hydrogen-bond donors (Lipinski definition) is 1. The molecule has 0 aromatic carbocycles. The van der Waals surface area contributed by atoms with Gasteiger partial charge in [-0.15, -0.1) is 0 Å². The normalized spacial score (nSPS) is 15.9. The Bertz CT molecular complexity index is 323. The zero-order valence-corrected chi connectivity index (χ0v) is 11.9. The van der Waals surface area contributed by atoms with Crippen LogP contribution in [0.5, 0.6) is 0 Å². The van der Waals surface area contributed by atoms with Gasteiger partial charge in [-0.25, -0.2) is 0 Å². The SMILES string of the molecule is CCN(CCNCc1ccc(I)o1)C1CC1. The molecule has 0 radical (unpaired) electrons. The predicted octanol–water partition coefficient (Wildman–Crippen LogP) is 2.46. The maximum absolute atomic E-state index is 5.49. The van der Waals surface area contributed by atoms with E-state index in [1.807, 2.05) is 12.1 Å². The molecule has 1 heterocycles. The Morgan fingerprint density at radius 1 is 1.50 bits per heavy atom. The highest BCUT2D eigenvalue weighted by atomic mass is 127. The molecular formula is C12H19IN2O. The van der Waals surface area contributed by atoms with Crippen molar-refractivity contribution in [2.45, 2.75) is 32.4 Å². The van der Waals surface area contributed by atoms with Crippen LogP contribution >= 0.6 is 22.6 Å². The summed E-state index contributed by atoms with van der Waals surface area (Å²) in [4.78, 5) is 2.55. The van der Waals surface area contributed by atoms with Gasteiger partial charge in [0.15, 0.2) is 3.77 Å². The summed E-state index contributed by atoms with van der Waals surface area (Å²) in [5.74, 6) is 1.03. The van der Waals surface area contributed by atoms with Crippen molar-refractivity contribution in [1.82, 2.24) is 10.2 Å². The number of rotatable bonds is 7. The monoisotopic (exact) mass is 334 g/mol. The molecule has 0 aliphatic heterocycles. The molecule has 0 amide bonds. The maximum Gasteiger partial charge on any atom is 0.164 e. The molecule has 0 saturated heterocycles. The fraction of sp³-hybridized carbons (Fsp3) is 0.667. The van der Waals surface area contributed by atoms with E-state index in [4.69, 9.17) is 4.42 Å². The summed E-state index contributed by atoms with van der Waals surface area (Å²) >= 11 is 2.19. The van der Waals surface area contributed by atoms with Crippen LogP contribution in [0.2, 0.25) is 0 Å². The summed E-state index contributed by atoms with van der Waals surface area (Å²) in [5, 5.41) is 3.42. The molecule has 1 saturated carbocycles. The fourth-order valence-corrected chi connectivity index (χ4v) is 2.38. The first-order chi connectivity index (χ1) is 7.79. The van der Waals surface area contributed by atoms with E-state index in [9.17, 15) is 0 Å². The molecule has 1 N–H and O–H groups in total. The molecule has 3 nitrogen and oxygen atoms in total. The van der Waals surface area contributed by atoms with Crippen molar-refractivity contribution >= 4 is 22.6 Å². The topological polar surface area (TPSA) is 28.4 Å². The first-order valence-corrected chi connectivity index (χ1v) is 7.06. The van der Waals surface area contributed by atoms with Gasteiger partial charge in [0.05, 0.1) is 6.54 Å². The van der Waals surface area contributed by atoms with Crippen molar-refractivity contribution in [1.29, 1.82) is 0 Å². The van der Waals surface area contributed by atoms with E-state index in [2.05, 4.69) is 39.7 Å². The van der Waals surface area contributed by atoms with Crippen molar-refractivity contribution in [2.75, 3.05) is 19.6 Å². The quantitative estimate of drug-likeness (QED) is 0.613. The highest BCUT2D eigenvalue weighted by Crippen LogP contribution is 2.25. The van der Waals surface area contributed by atoms with Crippen molar-refractivity contribution < 1.29 is 4.42 Å². The van der Waals surface area contributed by atoms with Gasteiger partial charge in [-0.3, -0.25) is 4.90 Å². The van der Waals surface area contributed by atoms with E-state index < -0.39 is 0 Å². The molecule has 1 fully saturated rings. The third kappa shape index (κ3) is 3.75. The van der Waals surface area contributed by atoms with E-state index in [1.165, 1.54) is 19.4 Å². The maximum atomic E-state index is 5.49. The van der Waals surface area contributed by atoms with Crippen LogP contribution in [0.3, 0.4) is 0 Å². The highest BCUT2D eigenvalue weighted by molar-refractivity contribution is 14.1. The molecule has 0 spiro atoms. The Labute approximate surface area is 111 Å². The zero-order valence-electron chi connectivity index (χ0n) is 9.71. The third-order valence-electron chi connectivity index (χ3n) is 2.97. The Balaban J connectivity index is 1.60. The van der Waals surface area contributed by atoms with Crippen molar-refractivity contribution in [3.05, 3.63) is 21.7 Å². The van der Waals surface area contributed by atoms with Crippen molar-refractivity contribution in [3.8, 4) is 0 Å². The van der Waals surface area contributed by atoms with E-state index in [0.29, 0.717) is 0 Å². The lowest BCUT2D eigenvalue weighted by Gasteiger charge is -2.19. The molecule has 2 rings (SSSR count). The minimum Gasteiger partial charge on any atom is -0.454 e. The van der Waals surface area contributed by atoms with E-state index >= 15 is 0 Å². The lowest BCUT2D eigenvalue weighted by Crippen LogP contribution is -2.33. The van der Waals surface area contributed by atoms with E-state index in [-0.39, 0.29) is 0 Å². The molecule has 1 aromatic heterocycles. The van der Waals surface area contributed by atoms with Crippen molar-refractivity contribution in [2.24, 2.45) is 0 Å². The Morgan fingerprint density at radius 2 is 2.31 bits per heavy atom. The number of hydrogen-bond acceptors (Lipinski definition) is 3. The number of nitrogens with one attached hydrogen (secondary N) is 1. The molecule has 4 heteroatoms. The van der Waals surface area contributed by atoms with Gasteiger partial charge in [-0.2, -0.15) is 0 Å². The minimum absolute atomic E-state index is 0.839. The van der Waals surface area contributed by atoms with Crippen LogP contribution in [0, 0.1) is 3.77 Å². The fourth-order valence-electron chi connectivity index (χ4n) is 1.92. The van der Waals surface area contributed by atoms with Gasteiger partial charge >= 0.3 is 0 Å². The van der Waals surface area contributed by atoms with Crippen LogP contribution in [-0.4, -0.2) is 30.6 Å². The number of nitrogens with zero attached hydrogens (tertiary/aromatic N) is 1. The second-order valence-corrected chi connectivity index (χ2v) is 5.31. The lowest BCUT2D eigenvalue weighted by molar-refractivity contribution is 0.275. The van der Waals surface area contributed by atoms with Crippen LogP contribution in [0.25, 0.3) is 0 Å². The van der Waals surface area contributed by atoms with Gasteiger partial charge in [0, 0.05) is 19.1 Å². The summed E-state index contributed by atoms with van der Waals surface area (Å²) < 4.78 is 6.45. The Kier molecular flexibility index (Phi) is 4.66. The van der Waals surface area contributed by atoms with Crippen LogP contribution < -0.4 is 5.32 Å². The molecule has 1 aromatic rings. The van der Waals surface area contributed by atoms with Gasteiger partial charge in [-0.05, 0) is 54.1 Å². The van der Waals surface area contributed by atoms with Crippen LogP contribution in [0.1, 0.15) is 25.5 Å². The Hall–Kier alpha value is -0.0700. The second-order valence-electron chi connectivity index (χ2n) is 4.24. The zero-order chi connectivity index (χ0) is 11.4. The molecule has 1 aliphatic rings. The third-order valence-corrected chi connectivity index (χ3v) is 3.55. The van der Waals surface area contributed by atoms with Gasteiger partial charge in [0.25, 0.3) is 0 Å². The van der Waals surface area contributed by atoms with Crippen molar-refractivity contribution in [3.63, 3.8) is 0 Å². The van der Waals surface area contributed by atoms with Gasteiger partial charge in [-0.1, -0.05) is 6.92 Å². The first kappa shape index (κ1) is 12.4. The summed E-state index contributed by atoms with van der Waals surface area (Å²) in [7, 11) is 0. The standard InChI is InChI=1S/C12H19IN2O/c1-2-15(10-3-4-10)8-7-14-9-11-5-6-12(13)16-11/h5-6,10,14H,2-4,7-9H2,1H3. The van der Waals surface area contributed by atoms with Crippen LogP contribution in [-0.2, 0) is 6.54 Å². The second kappa shape index (κ2) is 6.02. The highest BCUT2D eigenvalue weighted by Gasteiger charge is 2.26. The van der Waals surface area contributed by atoms with Gasteiger partial charge in [0.1, 0.15) is 5.76 Å². The van der Waals surface area contributed by atoms with Gasteiger partial charge < -0.3 is 9.73 Å². The minimum atomic E-state index is 0.839. The van der Waals surface area contributed by atoms with Gasteiger partial charge in [0.2, 0.25) is 0 Å². The van der Waals surface area contributed by atoms with E-state index in [0.717, 1.165) is 35.2 Å². The number of halogens is 1. The van der Waals surface area contributed by atoms with E-state index in [1.54, 1.807) is 0 Å². The molecule has 0 unspecified atom stereocenters. The predicted molar refractivity (Wildman–Crippen MR) is 73.4 cm³/mol. The average molecular weight is 334 g/mol.